The molecule has 0 radical (unpaired) electrons. The predicted molar refractivity (Wildman–Crippen MR) is 283 cm³/mol. The minimum Gasteiger partial charge on any atom is -0.390 e. The molecule has 3 saturated heterocycles. The second-order valence-corrected chi connectivity index (χ2v) is 24.0. The van der Waals surface area contributed by atoms with E-state index in [4.69, 9.17) is 14.5 Å². The molecule has 1 spiro atoms. The van der Waals surface area contributed by atoms with Crippen molar-refractivity contribution in [2.24, 2.45) is 11.3 Å². The molecule has 4 N–H and O–H groups in total. The average molecular weight is 1030 g/mol. The number of piperidine rings is 1. The van der Waals surface area contributed by atoms with Crippen LogP contribution >= 0.6 is 0 Å². The van der Waals surface area contributed by atoms with E-state index in [9.17, 15) is 28.4 Å². The number of halogens is 1. The Balaban J connectivity index is 0.873. The number of nitro groups is 1. The van der Waals surface area contributed by atoms with E-state index in [1.807, 2.05) is 24.0 Å². The molecular weight excluding hydrogens is 966 g/mol. The topological polar surface area (TPSA) is 199 Å². The summed E-state index contributed by atoms with van der Waals surface area (Å²) >= 11 is 0. The van der Waals surface area contributed by atoms with Crippen LogP contribution < -0.4 is 24.7 Å². The molecule has 74 heavy (non-hydrogen) atoms. The summed E-state index contributed by atoms with van der Waals surface area (Å²) in [6.45, 7) is 12.6. The van der Waals surface area contributed by atoms with Crippen LogP contribution in [0.4, 0.5) is 38.6 Å². The number of aliphatic hydroxyl groups is 1. The van der Waals surface area contributed by atoms with E-state index in [1.54, 1.807) is 12.1 Å². The Kier molecular flexibility index (Phi) is 13.6. The van der Waals surface area contributed by atoms with Crippen LogP contribution in [-0.4, -0.2) is 123 Å². The molecule has 19 heteroatoms. The zero-order chi connectivity index (χ0) is 51.5. The van der Waals surface area contributed by atoms with Crippen LogP contribution in [0.2, 0.25) is 0 Å². The number of pyridine rings is 1. The van der Waals surface area contributed by atoms with Gasteiger partial charge in [-0.2, -0.15) is 0 Å². The second-order valence-electron chi connectivity index (χ2n) is 22.3. The smallest absolute Gasteiger partial charge is 0.293 e. The first-order valence-corrected chi connectivity index (χ1v) is 28.0. The number of sulfonamides is 1. The normalized spacial score (nSPS) is 24.6. The molecule has 0 bridgehead atoms. The summed E-state index contributed by atoms with van der Waals surface area (Å²) in [5, 5.41) is 26.2. The van der Waals surface area contributed by atoms with Crippen molar-refractivity contribution in [2.45, 2.75) is 113 Å². The Hall–Kier alpha value is -5.86. The summed E-state index contributed by atoms with van der Waals surface area (Å²) in [5.74, 6) is -0.209. The van der Waals surface area contributed by atoms with Gasteiger partial charge in [0.05, 0.1) is 69.6 Å². The van der Waals surface area contributed by atoms with Gasteiger partial charge in [0.2, 0.25) is 0 Å². The third-order valence-electron chi connectivity index (χ3n) is 17.1. The van der Waals surface area contributed by atoms with E-state index in [0.29, 0.717) is 87.1 Å². The highest BCUT2D eigenvalue weighted by Crippen LogP contribution is 2.54. The van der Waals surface area contributed by atoms with Crippen molar-refractivity contribution >= 4 is 61.2 Å². The SMILES string of the molecule is CC(C)c1ccccc1[C@@H]1COCCN1C1CC2(CCN(c3ccc(C(=O)NS(=O)(=O)c4ccc(NC[C@H]5CC[C@](C)(O)CC5)c([N+](=O)[O-])c4)c(N4C[C@H]5COCCCN5c5nc6[nH]cc(F)c6cc54)c3)CC2)C1. The van der Waals surface area contributed by atoms with Crippen molar-refractivity contribution in [2.75, 3.05) is 85.7 Å². The van der Waals surface area contributed by atoms with Crippen LogP contribution in [0.15, 0.2) is 77.8 Å². The highest BCUT2D eigenvalue weighted by atomic mass is 32.2. The van der Waals surface area contributed by atoms with Gasteiger partial charge in [0.1, 0.15) is 17.2 Å². The number of hydrogen-bond acceptors (Lipinski definition) is 14. The number of rotatable bonds is 12. The van der Waals surface area contributed by atoms with Gasteiger partial charge in [0.25, 0.3) is 21.6 Å². The fourth-order valence-electron chi connectivity index (χ4n) is 12.8. The van der Waals surface area contributed by atoms with Gasteiger partial charge in [0.15, 0.2) is 5.82 Å². The van der Waals surface area contributed by atoms with Crippen LogP contribution in [0, 0.1) is 27.3 Å². The van der Waals surface area contributed by atoms with Gasteiger partial charge < -0.3 is 39.6 Å². The molecule has 2 saturated carbocycles. The van der Waals surface area contributed by atoms with Crippen molar-refractivity contribution < 1.29 is 37.1 Å². The molecule has 3 aromatic carbocycles. The monoisotopic (exact) mass is 1030 g/mol. The molecule has 6 heterocycles. The van der Waals surface area contributed by atoms with Gasteiger partial charge in [-0.05, 0) is 129 Å². The maximum Gasteiger partial charge on any atom is 0.293 e. The number of hydrogen-bond donors (Lipinski definition) is 4. The lowest BCUT2D eigenvalue weighted by molar-refractivity contribution is -0.384. The number of aromatic amines is 1. The number of carbonyl (C=O) groups is 1. The number of H-pyrrole nitrogens is 1. The van der Waals surface area contributed by atoms with E-state index in [-0.39, 0.29) is 40.1 Å². The summed E-state index contributed by atoms with van der Waals surface area (Å²) in [6.07, 6.45) is 9.01. The highest BCUT2D eigenvalue weighted by Gasteiger charge is 2.50. The number of benzene rings is 3. The number of nitrogens with zero attached hydrogens (tertiary/aromatic N) is 6. The number of fused-ring (bicyclic) bond motifs is 4. The zero-order valence-electron chi connectivity index (χ0n) is 42.5. The largest absolute Gasteiger partial charge is 0.390 e. The Morgan fingerprint density at radius 1 is 0.959 bits per heavy atom. The number of morpholine rings is 1. The molecule has 2 atom stereocenters. The van der Waals surface area contributed by atoms with E-state index in [1.165, 1.54) is 29.5 Å². The van der Waals surface area contributed by atoms with Crippen molar-refractivity contribution in [1.29, 1.82) is 0 Å². The first-order valence-electron chi connectivity index (χ1n) is 26.5. The first-order chi connectivity index (χ1) is 35.6. The molecule has 4 aliphatic heterocycles. The number of anilines is 5. The Bertz CT molecular complexity index is 3030. The lowest BCUT2D eigenvalue weighted by Crippen LogP contribution is -2.58. The van der Waals surface area contributed by atoms with E-state index in [2.05, 4.69) is 67.8 Å². The molecule has 0 unspecified atom stereocenters. The third kappa shape index (κ3) is 9.81. The van der Waals surface area contributed by atoms with Crippen molar-refractivity contribution in [1.82, 2.24) is 19.6 Å². The number of nitrogens with one attached hydrogen (secondary N) is 3. The third-order valence-corrected chi connectivity index (χ3v) is 18.4. The number of amides is 1. The molecule has 6 aliphatic rings. The van der Waals surface area contributed by atoms with E-state index >= 15 is 4.39 Å². The van der Waals surface area contributed by atoms with Crippen LogP contribution in [-0.2, 0) is 19.5 Å². The van der Waals surface area contributed by atoms with Crippen LogP contribution in [0.1, 0.15) is 112 Å². The molecule has 1 amide bonds. The Labute approximate surface area is 432 Å². The zero-order valence-corrected chi connectivity index (χ0v) is 43.3. The lowest BCUT2D eigenvalue weighted by atomic mass is 9.59. The van der Waals surface area contributed by atoms with Crippen LogP contribution in [0.3, 0.4) is 0 Å². The highest BCUT2D eigenvalue weighted by molar-refractivity contribution is 7.90. The molecule has 17 nitrogen and oxygen atoms in total. The molecule has 2 aliphatic carbocycles. The standard InChI is InChI=1S/C55H68FN9O8S/c1-35(2)41-7-4-5-8-42(41)50-34-73-24-22-62(50)38-28-55(29-38)17-20-61(21-18-55)37-9-11-43(47(25-37)64-32-39-33-72-23-6-19-63(39)52-49(64)27-44-45(56)31-58-51(44)59-52)53(66)60-74(70,71)40-10-12-46(48(26-40)65(68)69)57-30-36-13-15-54(3,67)16-14-36/h4-5,7-12,25-27,31,35-36,38-39,50,57,67H,6,13-24,28-30,32-34H2,1-3H3,(H,58,59)(H,60,66)/t36-,39-,50-,54-/m0/s1. The maximum absolute atomic E-state index is 15.4. The minimum absolute atomic E-state index is 0.0505. The molecule has 2 aromatic heterocycles. The van der Waals surface area contributed by atoms with Crippen molar-refractivity contribution in [3.8, 4) is 0 Å². The quantitative estimate of drug-likeness (QED) is 0.0683. The Morgan fingerprint density at radius 2 is 1.73 bits per heavy atom. The lowest BCUT2D eigenvalue weighted by Gasteiger charge is -2.57. The molecule has 11 rings (SSSR count). The number of aromatic nitrogens is 2. The van der Waals surface area contributed by atoms with E-state index in [0.717, 1.165) is 82.9 Å². The summed E-state index contributed by atoms with van der Waals surface area (Å²) in [4.78, 5) is 43.1. The van der Waals surface area contributed by atoms with Gasteiger partial charge >= 0.3 is 0 Å². The fourth-order valence-corrected chi connectivity index (χ4v) is 13.8. The number of nitro benzene ring substituents is 1. The summed E-state index contributed by atoms with van der Waals surface area (Å²) < 4.78 is 58.2. The summed E-state index contributed by atoms with van der Waals surface area (Å²) in [6, 6.07) is 20.0. The number of carbonyl (C=O) groups excluding carboxylic acids is 1. The van der Waals surface area contributed by atoms with Gasteiger partial charge in [-0.1, -0.05) is 38.1 Å². The van der Waals surface area contributed by atoms with Gasteiger partial charge in [-0.3, -0.25) is 19.8 Å². The van der Waals surface area contributed by atoms with Crippen LogP contribution in [0.25, 0.3) is 11.0 Å². The van der Waals surface area contributed by atoms with E-state index < -0.39 is 42.9 Å². The second kappa shape index (κ2) is 20.0. The van der Waals surface area contributed by atoms with Gasteiger partial charge in [-0.25, -0.2) is 22.5 Å². The molecular formula is C55H68FN9O8S. The molecule has 5 fully saturated rings. The van der Waals surface area contributed by atoms with Gasteiger partial charge in [-0.15, -0.1) is 0 Å². The maximum atomic E-state index is 15.4. The Morgan fingerprint density at radius 3 is 2.50 bits per heavy atom. The predicted octanol–water partition coefficient (Wildman–Crippen LogP) is 8.77. The minimum atomic E-state index is -4.66. The summed E-state index contributed by atoms with van der Waals surface area (Å²) in [7, 11) is -4.66. The van der Waals surface area contributed by atoms with Crippen molar-refractivity contribution in [3.05, 3.63) is 106 Å². The van der Waals surface area contributed by atoms with Gasteiger partial charge in [0, 0.05) is 69.9 Å². The summed E-state index contributed by atoms with van der Waals surface area (Å²) in [5.41, 5.74) is 4.23. The first kappa shape index (κ1) is 50.3. The molecule has 394 valence electrons. The number of ether oxygens (including phenoxy) is 2. The fraction of sp³-hybridized carbons (Fsp3) is 0.527. The van der Waals surface area contributed by atoms with Crippen LogP contribution in [0.5, 0.6) is 0 Å². The molecule has 5 aromatic rings. The average Bonchev–Trinajstić information content (AvgIpc) is 3.57. The van der Waals surface area contributed by atoms with Crippen molar-refractivity contribution in [3.63, 3.8) is 0 Å².